The Balaban J connectivity index is 1.35. The number of hydrogen-bond donors (Lipinski definition) is 0. The molecule has 0 unspecified atom stereocenters. The smallest absolute Gasteiger partial charge is 0.174 e. The molecule has 3 aromatic carbocycles. The van der Waals surface area contributed by atoms with Crippen molar-refractivity contribution in [3.05, 3.63) is 108 Å². The Hall–Kier alpha value is -3.79. The maximum atomic E-state index is 12.5. The predicted molar refractivity (Wildman–Crippen MR) is 117 cm³/mol. The molecule has 148 valence electrons. The van der Waals surface area contributed by atoms with E-state index in [-0.39, 0.29) is 18.2 Å². The maximum absolute atomic E-state index is 12.5. The van der Waals surface area contributed by atoms with Crippen LogP contribution >= 0.6 is 0 Å². The van der Waals surface area contributed by atoms with Crippen molar-refractivity contribution in [2.45, 2.75) is 12.8 Å². The lowest BCUT2D eigenvalue weighted by Gasteiger charge is -2.08. The van der Waals surface area contributed by atoms with Crippen molar-refractivity contribution in [1.82, 2.24) is 4.98 Å². The summed E-state index contributed by atoms with van der Waals surface area (Å²) in [5, 5.41) is 2.10. The number of fused-ring (bicyclic) bond motifs is 1. The summed E-state index contributed by atoms with van der Waals surface area (Å²) >= 11 is 0. The number of rotatable bonds is 8. The van der Waals surface area contributed by atoms with Crippen LogP contribution in [0.25, 0.3) is 10.8 Å². The van der Waals surface area contributed by atoms with Gasteiger partial charge in [-0.2, -0.15) is 0 Å². The predicted octanol–water partition coefficient (Wildman–Crippen LogP) is 4.85. The highest BCUT2D eigenvalue weighted by molar-refractivity contribution is 5.97. The van der Waals surface area contributed by atoms with Gasteiger partial charge in [-0.15, -0.1) is 0 Å². The highest BCUT2D eigenvalue weighted by atomic mass is 16.5. The van der Waals surface area contributed by atoms with E-state index in [0.717, 1.165) is 21.9 Å². The van der Waals surface area contributed by atoms with Crippen LogP contribution in [0.2, 0.25) is 0 Å². The molecule has 4 rings (SSSR count). The molecule has 0 aliphatic rings. The van der Waals surface area contributed by atoms with Gasteiger partial charge in [0, 0.05) is 36.2 Å². The quantitative estimate of drug-likeness (QED) is 0.400. The second kappa shape index (κ2) is 9.14. The Kier molecular flexibility index (Phi) is 5.95. The number of Topliss-reactive ketones (excluding diaryl/α,β-unsaturated/α-hetero) is 2. The number of pyridine rings is 1. The van der Waals surface area contributed by atoms with Crippen LogP contribution in [0.1, 0.15) is 21.5 Å². The van der Waals surface area contributed by atoms with E-state index < -0.39 is 0 Å². The SMILES string of the molecule is O=C(COc1cccc(C(=O)Cc2ccccc2)c1)Cc1ccc2cnccc2c1. The van der Waals surface area contributed by atoms with Crippen LogP contribution in [0.15, 0.2) is 91.3 Å². The highest BCUT2D eigenvalue weighted by Crippen LogP contribution is 2.17. The van der Waals surface area contributed by atoms with Gasteiger partial charge < -0.3 is 4.74 Å². The first-order valence-electron chi connectivity index (χ1n) is 9.82. The van der Waals surface area contributed by atoms with Crippen molar-refractivity contribution in [1.29, 1.82) is 0 Å². The molecule has 0 amide bonds. The minimum Gasteiger partial charge on any atom is -0.486 e. The molecule has 0 saturated heterocycles. The second-order valence-corrected chi connectivity index (χ2v) is 7.17. The van der Waals surface area contributed by atoms with Gasteiger partial charge >= 0.3 is 0 Å². The number of hydrogen-bond acceptors (Lipinski definition) is 4. The van der Waals surface area contributed by atoms with E-state index in [9.17, 15) is 9.59 Å². The summed E-state index contributed by atoms with van der Waals surface area (Å²) in [5.74, 6) is 0.514. The summed E-state index contributed by atoms with van der Waals surface area (Å²) < 4.78 is 5.66. The fraction of sp³-hybridized carbons (Fsp3) is 0.115. The largest absolute Gasteiger partial charge is 0.486 e. The summed E-state index contributed by atoms with van der Waals surface area (Å²) in [7, 11) is 0. The molecule has 0 spiro atoms. The zero-order valence-electron chi connectivity index (χ0n) is 16.5. The van der Waals surface area contributed by atoms with E-state index in [1.54, 1.807) is 36.7 Å². The Bertz CT molecular complexity index is 1190. The molecule has 1 aromatic heterocycles. The summed E-state index contributed by atoms with van der Waals surface area (Å²) in [6.07, 6.45) is 4.17. The van der Waals surface area contributed by atoms with Crippen LogP contribution in [0.4, 0.5) is 0 Å². The normalized spacial score (nSPS) is 10.7. The molecule has 0 radical (unpaired) electrons. The standard InChI is InChI=1S/C26H21NO3/c28-24(14-20-9-10-23-17-27-12-11-21(23)13-20)18-30-25-8-4-7-22(16-25)26(29)15-19-5-2-1-3-6-19/h1-13,16-17H,14-15,18H2. The van der Waals surface area contributed by atoms with Crippen LogP contribution < -0.4 is 4.74 Å². The van der Waals surface area contributed by atoms with E-state index in [1.807, 2.05) is 54.6 Å². The first kappa shape index (κ1) is 19.5. The van der Waals surface area contributed by atoms with Gasteiger partial charge in [-0.25, -0.2) is 0 Å². The first-order chi connectivity index (χ1) is 14.7. The molecule has 0 saturated carbocycles. The fourth-order valence-electron chi connectivity index (χ4n) is 3.33. The van der Waals surface area contributed by atoms with Crippen LogP contribution in [0, 0.1) is 0 Å². The molecule has 30 heavy (non-hydrogen) atoms. The summed E-state index contributed by atoms with van der Waals surface area (Å²) in [5.41, 5.74) is 2.48. The lowest BCUT2D eigenvalue weighted by Crippen LogP contribution is -2.14. The number of aromatic nitrogens is 1. The van der Waals surface area contributed by atoms with Gasteiger partial charge in [0.2, 0.25) is 0 Å². The molecule has 0 aliphatic heterocycles. The lowest BCUT2D eigenvalue weighted by molar-refractivity contribution is -0.120. The lowest BCUT2D eigenvalue weighted by atomic mass is 10.0. The van der Waals surface area contributed by atoms with Gasteiger partial charge in [-0.05, 0) is 34.7 Å². The van der Waals surface area contributed by atoms with E-state index in [1.165, 1.54) is 0 Å². The van der Waals surface area contributed by atoms with Crippen LogP contribution in [0.5, 0.6) is 5.75 Å². The second-order valence-electron chi connectivity index (χ2n) is 7.17. The maximum Gasteiger partial charge on any atom is 0.174 e. The van der Waals surface area contributed by atoms with Crippen molar-refractivity contribution in [2.24, 2.45) is 0 Å². The Morgan fingerprint density at radius 3 is 2.50 bits per heavy atom. The van der Waals surface area contributed by atoms with Gasteiger partial charge in [0.15, 0.2) is 11.6 Å². The average Bonchev–Trinajstić information content (AvgIpc) is 2.78. The van der Waals surface area contributed by atoms with E-state index >= 15 is 0 Å². The molecule has 0 fully saturated rings. The third-order valence-electron chi connectivity index (χ3n) is 4.87. The molecule has 0 N–H and O–H groups in total. The minimum absolute atomic E-state index is 0.0172. The van der Waals surface area contributed by atoms with Gasteiger partial charge in [0.1, 0.15) is 12.4 Å². The van der Waals surface area contributed by atoms with E-state index in [0.29, 0.717) is 24.2 Å². The van der Waals surface area contributed by atoms with E-state index in [4.69, 9.17) is 4.74 Å². The Labute approximate surface area is 175 Å². The van der Waals surface area contributed by atoms with Crippen LogP contribution in [-0.4, -0.2) is 23.2 Å². The number of carbonyl (C=O) groups excluding carboxylic acids is 2. The Morgan fingerprint density at radius 2 is 1.63 bits per heavy atom. The molecule has 0 aliphatic carbocycles. The average molecular weight is 395 g/mol. The number of ketones is 2. The van der Waals surface area contributed by atoms with Gasteiger partial charge in [-0.1, -0.05) is 60.7 Å². The summed E-state index contributed by atoms with van der Waals surface area (Å²) in [6.45, 7) is -0.0370. The minimum atomic E-state index is -0.0370. The van der Waals surface area contributed by atoms with Crippen LogP contribution in [-0.2, 0) is 17.6 Å². The van der Waals surface area contributed by atoms with Gasteiger partial charge in [0.05, 0.1) is 0 Å². The van der Waals surface area contributed by atoms with Crippen molar-refractivity contribution < 1.29 is 14.3 Å². The molecule has 0 atom stereocenters. The van der Waals surface area contributed by atoms with Crippen molar-refractivity contribution in [3.8, 4) is 5.75 Å². The van der Waals surface area contributed by atoms with Crippen molar-refractivity contribution >= 4 is 22.3 Å². The summed E-state index contributed by atoms with van der Waals surface area (Å²) in [6, 6.07) is 24.4. The number of nitrogens with zero attached hydrogens (tertiary/aromatic N) is 1. The molecular formula is C26H21NO3. The number of ether oxygens (including phenoxy) is 1. The van der Waals surface area contributed by atoms with Crippen molar-refractivity contribution in [2.75, 3.05) is 6.61 Å². The topological polar surface area (TPSA) is 56.3 Å². The van der Waals surface area contributed by atoms with Gasteiger partial charge in [-0.3, -0.25) is 14.6 Å². The molecular weight excluding hydrogens is 374 g/mol. The molecule has 4 nitrogen and oxygen atoms in total. The Morgan fingerprint density at radius 1 is 0.767 bits per heavy atom. The zero-order valence-corrected chi connectivity index (χ0v) is 16.5. The molecule has 4 heteroatoms. The molecule has 4 aromatic rings. The first-order valence-corrected chi connectivity index (χ1v) is 9.82. The monoisotopic (exact) mass is 395 g/mol. The third-order valence-corrected chi connectivity index (χ3v) is 4.87. The van der Waals surface area contributed by atoms with Crippen molar-refractivity contribution in [3.63, 3.8) is 0 Å². The molecule has 1 heterocycles. The highest BCUT2D eigenvalue weighted by Gasteiger charge is 2.10. The number of benzene rings is 3. The third kappa shape index (κ3) is 4.97. The zero-order chi connectivity index (χ0) is 20.8. The van der Waals surface area contributed by atoms with E-state index in [2.05, 4.69) is 4.98 Å². The summed E-state index contributed by atoms with van der Waals surface area (Å²) in [4.78, 5) is 29.0. The van der Waals surface area contributed by atoms with Crippen LogP contribution in [0.3, 0.4) is 0 Å². The fourth-order valence-corrected chi connectivity index (χ4v) is 3.33. The van der Waals surface area contributed by atoms with Gasteiger partial charge in [0.25, 0.3) is 0 Å². The number of carbonyl (C=O) groups is 2. The molecule has 0 bridgehead atoms.